The molecule has 4 N–H and O–H groups in total. The summed E-state index contributed by atoms with van der Waals surface area (Å²) in [7, 11) is 0. The normalized spacial score (nSPS) is 18.9. The zero-order chi connectivity index (χ0) is 27.6. The van der Waals surface area contributed by atoms with Crippen LogP contribution in [-0.4, -0.2) is 81.5 Å². The average Bonchev–Trinajstić information content (AvgIpc) is 3.68. The van der Waals surface area contributed by atoms with E-state index in [0.717, 1.165) is 63.4 Å². The molecule has 4 heterocycles. The summed E-state index contributed by atoms with van der Waals surface area (Å²) in [6.45, 7) is 8.69. The third kappa shape index (κ3) is 6.83. The van der Waals surface area contributed by atoms with Crippen molar-refractivity contribution in [3.8, 4) is 5.75 Å². The van der Waals surface area contributed by atoms with Crippen LogP contribution in [0.2, 0.25) is 0 Å². The van der Waals surface area contributed by atoms with Crippen molar-refractivity contribution in [1.29, 1.82) is 5.41 Å². The Morgan fingerprint density at radius 2 is 1.97 bits per heavy atom. The molecule has 0 bridgehead atoms. The highest BCUT2D eigenvalue weighted by Crippen LogP contribution is 2.42. The van der Waals surface area contributed by atoms with Gasteiger partial charge in [-0.1, -0.05) is 0 Å². The van der Waals surface area contributed by atoms with Gasteiger partial charge in [-0.2, -0.15) is 0 Å². The molecule has 2 saturated heterocycles. The number of hydrogen-bond acceptors (Lipinski definition) is 10. The minimum Gasteiger partial charge on any atom is -0.490 e. The molecule has 5 rings (SSSR count). The van der Waals surface area contributed by atoms with Crippen LogP contribution in [0.1, 0.15) is 52.3 Å². The van der Waals surface area contributed by atoms with E-state index in [2.05, 4.69) is 20.5 Å². The number of carbonyl (C=O) groups excluding carboxylic acids is 1. The average molecular weight is 535 g/mol. The standard InChI is InChI=1S/C28H38N8O3/c1-19(37)35-10-7-28(8-11-35)17-36(18-28)25-13-24(32-23-12-22(6-9-31-23)39-21-4-5-21)33-26(34-25)20(14-29)15-30-16-27(2,3)38/h6,9,12-15,21,29-30,38H,4-5,7-8,10-11,16-18H2,1-3H3,(H,31,32,33,34)/b20-15+,29-14?. The second kappa shape index (κ2) is 10.8. The summed E-state index contributed by atoms with van der Waals surface area (Å²) in [6.07, 6.45) is 8.98. The van der Waals surface area contributed by atoms with Crippen LogP contribution in [0.3, 0.4) is 0 Å². The second-order valence-corrected chi connectivity index (χ2v) is 11.6. The fourth-order valence-electron chi connectivity index (χ4n) is 4.97. The maximum Gasteiger partial charge on any atom is 0.219 e. The number of likely N-dealkylation sites (tertiary alicyclic amines) is 1. The molecule has 2 aromatic heterocycles. The van der Waals surface area contributed by atoms with Gasteiger partial charge in [-0.25, -0.2) is 15.0 Å². The molecule has 39 heavy (non-hydrogen) atoms. The van der Waals surface area contributed by atoms with Gasteiger partial charge in [0.15, 0.2) is 5.82 Å². The monoisotopic (exact) mass is 534 g/mol. The number of aliphatic hydroxyl groups is 1. The van der Waals surface area contributed by atoms with Crippen LogP contribution in [0.25, 0.3) is 5.57 Å². The van der Waals surface area contributed by atoms with Gasteiger partial charge < -0.3 is 35.7 Å². The zero-order valence-electron chi connectivity index (χ0n) is 22.9. The van der Waals surface area contributed by atoms with Crippen molar-refractivity contribution in [2.45, 2.75) is 58.2 Å². The first-order valence-corrected chi connectivity index (χ1v) is 13.6. The summed E-state index contributed by atoms with van der Waals surface area (Å²) in [5.41, 5.74) is -0.217. The topological polar surface area (TPSA) is 140 Å². The van der Waals surface area contributed by atoms with Crippen molar-refractivity contribution in [1.82, 2.24) is 25.2 Å². The molecule has 2 aliphatic heterocycles. The Kier molecular flexibility index (Phi) is 7.44. The molecule has 3 aliphatic rings. The van der Waals surface area contributed by atoms with E-state index < -0.39 is 5.60 Å². The molecule has 0 aromatic carbocycles. The number of piperidine rings is 1. The zero-order valence-corrected chi connectivity index (χ0v) is 22.9. The fraction of sp³-hybridized carbons (Fsp3) is 0.536. The summed E-state index contributed by atoms with van der Waals surface area (Å²) in [6, 6.07) is 5.61. The highest BCUT2D eigenvalue weighted by Gasteiger charge is 2.45. The van der Waals surface area contributed by atoms with E-state index in [1.54, 1.807) is 33.2 Å². The highest BCUT2D eigenvalue weighted by molar-refractivity contribution is 6.06. The lowest BCUT2D eigenvalue weighted by atomic mass is 9.72. The lowest BCUT2D eigenvalue weighted by Gasteiger charge is -2.54. The third-order valence-electron chi connectivity index (χ3n) is 7.38. The van der Waals surface area contributed by atoms with Gasteiger partial charge in [0.25, 0.3) is 0 Å². The first-order valence-electron chi connectivity index (χ1n) is 13.6. The van der Waals surface area contributed by atoms with Gasteiger partial charge in [0.1, 0.15) is 23.2 Å². The van der Waals surface area contributed by atoms with Gasteiger partial charge in [0.2, 0.25) is 5.91 Å². The molecule has 1 saturated carbocycles. The Labute approximate surface area is 229 Å². The molecule has 11 nitrogen and oxygen atoms in total. The van der Waals surface area contributed by atoms with Crippen molar-refractivity contribution in [2.75, 3.05) is 42.9 Å². The Hall–Kier alpha value is -3.73. The lowest BCUT2D eigenvalue weighted by Crippen LogP contribution is -2.61. The number of rotatable bonds is 10. The van der Waals surface area contributed by atoms with Crippen molar-refractivity contribution in [2.24, 2.45) is 5.41 Å². The quantitative estimate of drug-likeness (QED) is 0.339. The van der Waals surface area contributed by atoms with Gasteiger partial charge in [-0.15, -0.1) is 0 Å². The molecule has 11 heteroatoms. The van der Waals surface area contributed by atoms with E-state index in [9.17, 15) is 9.90 Å². The van der Waals surface area contributed by atoms with Crippen LogP contribution in [0.5, 0.6) is 5.75 Å². The van der Waals surface area contributed by atoms with Crippen LogP contribution in [-0.2, 0) is 4.79 Å². The lowest BCUT2D eigenvalue weighted by molar-refractivity contribution is -0.131. The third-order valence-corrected chi connectivity index (χ3v) is 7.38. The van der Waals surface area contributed by atoms with E-state index in [4.69, 9.17) is 20.1 Å². The van der Waals surface area contributed by atoms with E-state index in [1.807, 2.05) is 23.1 Å². The number of nitrogens with one attached hydrogen (secondary N) is 3. The molecule has 3 fully saturated rings. The largest absolute Gasteiger partial charge is 0.490 e. The summed E-state index contributed by atoms with van der Waals surface area (Å²) < 4.78 is 5.92. The van der Waals surface area contributed by atoms with Crippen molar-refractivity contribution in [3.63, 3.8) is 0 Å². The van der Waals surface area contributed by atoms with Crippen molar-refractivity contribution >= 4 is 35.1 Å². The van der Waals surface area contributed by atoms with E-state index in [1.165, 1.54) is 6.21 Å². The molecule has 1 spiro atoms. The van der Waals surface area contributed by atoms with Crippen molar-refractivity contribution < 1.29 is 14.6 Å². The smallest absolute Gasteiger partial charge is 0.219 e. The molecule has 1 amide bonds. The summed E-state index contributed by atoms with van der Waals surface area (Å²) in [5, 5.41) is 24.4. The fourth-order valence-corrected chi connectivity index (χ4v) is 4.97. The molecular formula is C28H38N8O3. The minimum atomic E-state index is -0.901. The van der Waals surface area contributed by atoms with Gasteiger partial charge in [-0.05, 0) is 45.6 Å². The first kappa shape index (κ1) is 26.9. The number of hydrogen-bond donors (Lipinski definition) is 4. The first-order chi connectivity index (χ1) is 18.6. The summed E-state index contributed by atoms with van der Waals surface area (Å²) in [5.74, 6) is 3.24. The number of aromatic nitrogens is 3. The van der Waals surface area contributed by atoms with Crippen LogP contribution in [0.15, 0.2) is 30.6 Å². The molecule has 0 unspecified atom stereocenters. The van der Waals surface area contributed by atoms with Gasteiger partial charge >= 0.3 is 0 Å². The minimum absolute atomic E-state index is 0.140. The predicted molar refractivity (Wildman–Crippen MR) is 150 cm³/mol. The van der Waals surface area contributed by atoms with Gasteiger partial charge in [0.05, 0.1) is 17.3 Å². The summed E-state index contributed by atoms with van der Waals surface area (Å²) in [4.78, 5) is 29.9. The Morgan fingerprint density at radius 3 is 2.62 bits per heavy atom. The molecule has 2 aromatic rings. The number of allylic oxidation sites excluding steroid dienone is 1. The molecule has 0 radical (unpaired) electrons. The molecule has 208 valence electrons. The van der Waals surface area contributed by atoms with Gasteiger partial charge in [-0.3, -0.25) is 4.79 Å². The Morgan fingerprint density at radius 1 is 1.23 bits per heavy atom. The van der Waals surface area contributed by atoms with Crippen molar-refractivity contribution in [3.05, 3.63) is 36.4 Å². The number of amides is 1. The van der Waals surface area contributed by atoms with E-state index >= 15 is 0 Å². The number of carbonyl (C=O) groups is 1. The molecule has 1 aliphatic carbocycles. The van der Waals surface area contributed by atoms with Crippen LogP contribution >= 0.6 is 0 Å². The highest BCUT2D eigenvalue weighted by atomic mass is 16.5. The van der Waals surface area contributed by atoms with Crippen LogP contribution in [0.4, 0.5) is 17.5 Å². The van der Waals surface area contributed by atoms with Gasteiger partial charge in [0, 0.05) is 75.8 Å². The SMILES string of the molecule is CC(=O)N1CCC2(CC1)CN(c1cc(Nc3cc(OC4CC4)ccn3)nc(/C(C=N)=C/NCC(C)(C)O)n1)C2. The van der Waals surface area contributed by atoms with Crippen LogP contribution < -0.4 is 20.3 Å². The molecular weight excluding hydrogens is 496 g/mol. The number of ether oxygens (including phenoxy) is 1. The van der Waals surface area contributed by atoms with E-state index in [-0.39, 0.29) is 17.4 Å². The maximum absolute atomic E-state index is 11.8. The molecule has 0 atom stereocenters. The number of pyridine rings is 1. The van der Waals surface area contributed by atoms with Crippen LogP contribution in [0, 0.1) is 10.8 Å². The summed E-state index contributed by atoms with van der Waals surface area (Å²) >= 11 is 0. The number of anilines is 3. The number of nitrogens with zero attached hydrogens (tertiary/aromatic N) is 5. The Bertz CT molecular complexity index is 1240. The Balaban J connectivity index is 1.37. The second-order valence-electron chi connectivity index (χ2n) is 11.6. The van der Waals surface area contributed by atoms with E-state index in [0.29, 0.717) is 29.6 Å². The predicted octanol–water partition coefficient (Wildman–Crippen LogP) is 2.96. The maximum atomic E-state index is 11.8.